The highest BCUT2D eigenvalue weighted by atomic mass is 35.5. The number of nitrogens with one attached hydrogen (secondary N) is 1. The molecule has 0 atom stereocenters. The molecule has 0 bridgehead atoms. The maximum Gasteiger partial charge on any atom is 0.0972 e. The van der Waals surface area contributed by atoms with Crippen LogP contribution in [0, 0.1) is 5.41 Å². The summed E-state index contributed by atoms with van der Waals surface area (Å²) in [6.45, 7) is 1.76. The Labute approximate surface area is 53.4 Å². The van der Waals surface area contributed by atoms with Crippen molar-refractivity contribution in [3.63, 3.8) is 0 Å². The van der Waals surface area contributed by atoms with Crippen molar-refractivity contribution >= 4 is 30.0 Å². The van der Waals surface area contributed by atoms with E-state index in [1.54, 1.807) is 6.92 Å². The van der Waals surface area contributed by atoms with E-state index in [9.17, 15) is 0 Å². The van der Waals surface area contributed by atoms with Crippen molar-refractivity contribution in [2.75, 3.05) is 0 Å². The smallest absolute Gasteiger partial charge is 0.0972 e. The minimum atomic E-state index is 0. The van der Waals surface area contributed by atoms with Crippen molar-refractivity contribution in [2.45, 2.75) is 6.92 Å². The molecule has 0 aromatic carbocycles. The average Bonchev–Trinajstić information content (AvgIpc) is 1.91. The van der Waals surface area contributed by atoms with Crippen molar-refractivity contribution < 1.29 is 0 Å². The largest absolute Gasteiger partial charge is 0.297 e. The molecule has 0 saturated heterocycles. The molecule has 0 unspecified atom stereocenters. The first kappa shape index (κ1) is 7.30. The van der Waals surface area contributed by atoms with Crippen LogP contribution in [-0.2, 0) is 0 Å². The van der Waals surface area contributed by atoms with E-state index in [0.29, 0.717) is 11.4 Å². The van der Waals surface area contributed by atoms with Gasteiger partial charge in [-0.3, -0.25) is 5.41 Å². The van der Waals surface area contributed by atoms with Gasteiger partial charge in [-0.25, -0.2) is 0 Å². The van der Waals surface area contributed by atoms with E-state index in [1.165, 1.54) is 6.21 Å². The third kappa shape index (κ3) is 1.13. The average molecular weight is 132 g/mol. The van der Waals surface area contributed by atoms with Gasteiger partial charge in [0.25, 0.3) is 0 Å². The molecule has 8 heavy (non-hydrogen) atoms. The van der Waals surface area contributed by atoms with E-state index < -0.39 is 0 Å². The molecule has 3 nitrogen and oxygen atoms in total. The number of halogens is 1. The zero-order valence-electron chi connectivity index (χ0n) is 4.38. The van der Waals surface area contributed by atoms with Gasteiger partial charge in [0.2, 0.25) is 0 Å². The third-order valence-electron chi connectivity index (χ3n) is 0.784. The second kappa shape index (κ2) is 2.57. The minimum Gasteiger partial charge on any atom is -0.297 e. The summed E-state index contributed by atoms with van der Waals surface area (Å²) in [6, 6.07) is 0. The Hall–Kier alpha value is -0.700. The summed E-state index contributed by atoms with van der Waals surface area (Å²) in [5.74, 6) is 0. The summed E-state index contributed by atoms with van der Waals surface area (Å²) in [5, 5.41) is 14.0. The van der Waals surface area contributed by atoms with E-state index in [2.05, 4.69) is 10.2 Å². The quantitative estimate of drug-likeness (QED) is 0.508. The van der Waals surface area contributed by atoms with Crippen LogP contribution < -0.4 is 0 Å². The number of nitrogens with zero attached hydrogens (tertiary/aromatic N) is 2. The molecule has 0 spiro atoms. The summed E-state index contributed by atoms with van der Waals surface area (Å²) in [6.07, 6.45) is 1.43. The van der Waals surface area contributed by atoms with E-state index in [4.69, 9.17) is 5.41 Å². The number of rotatable bonds is 0. The van der Waals surface area contributed by atoms with Crippen molar-refractivity contribution in [1.29, 1.82) is 5.41 Å². The van der Waals surface area contributed by atoms with E-state index in [0.717, 1.165) is 0 Å². The zero-order valence-corrected chi connectivity index (χ0v) is 5.20. The summed E-state index contributed by atoms with van der Waals surface area (Å²) in [7, 11) is 0. The highest BCUT2D eigenvalue weighted by molar-refractivity contribution is 6.62. The zero-order chi connectivity index (χ0) is 5.28. The van der Waals surface area contributed by atoms with Gasteiger partial charge >= 0.3 is 0 Å². The molecule has 1 heterocycles. The summed E-state index contributed by atoms with van der Waals surface area (Å²) >= 11 is 0. The van der Waals surface area contributed by atoms with Crippen LogP contribution in [0.25, 0.3) is 0 Å². The van der Waals surface area contributed by atoms with Crippen molar-refractivity contribution in [3.8, 4) is 0 Å². The predicted octanol–water partition coefficient (Wildman–Crippen LogP) is 0.888. The molecule has 0 aliphatic carbocycles. The Balaban J connectivity index is 0.000000490. The van der Waals surface area contributed by atoms with Gasteiger partial charge in [0.05, 0.1) is 17.6 Å². The predicted molar refractivity (Wildman–Crippen MR) is 36.6 cm³/mol. The van der Waals surface area contributed by atoms with E-state index in [1.807, 2.05) is 0 Å². The fourth-order valence-electron chi connectivity index (χ4n) is 0.320. The molecule has 1 N–H and O–H groups in total. The van der Waals surface area contributed by atoms with Gasteiger partial charge in [0.15, 0.2) is 0 Å². The van der Waals surface area contributed by atoms with Gasteiger partial charge in [-0.1, -0.05) is 0 Å². The van der Waals surface area contributed by atoms with E-state index >= 15 is 0 Å². The van der Waals surface area contributed by atoms with Crippen LogP contribution >= 0.6 is 12.4 Å². The molecule has 1 aliphatic rings. The van der Waals surface area contributed by atoms with Crippen LogP contribution in [0.15, 0.2) is 10.2 Å². The highest BCUT2D eigenvalue weighted by Gasteiger charge is 2.00. The third-order valence-corrected chi connectivity index (χ3v) is 0.784. The molecule has 0 saturated carbocycles. The molecule has 0 radical (unpaired) electrons. The minimum absolute atomic E-state index is 0. The molecule has 0 aromatic heterocycles. The summed E-state index contributed by atoms with van der Waals surface area (Å²) < 4.78 is 0. The van der Waals surface area contributed by atoms with Gasteiger partial charge in [-0.15, -0.1) is 12.4 Å². The van der Waals surface area contributed by atoms with Gasteiger partial charge in [-0.05, 0) is 6.92 Å². The maximum absolute atomic E-state index is 6.97. The lowest BCUT2D eigenvalue weighted by Crippen LogP contribution is -2.03. The molecule has 44 valence electrons. The van der Waals surface area contributed by atoms with Crippen molar-refractivity contribution in [2.24, 2.45) is 10.2 Å². The first-order valence-corrected chi connectivity index (χ1v) is 1.97. The van der Waals surface area contributed by atoms with Gasteiger partial charge in [0, 0.05) is 0 Å². The van der Waals surface area contributed by atoms with Crippen molar-refractivity contribution in [3.05, 3.63) is 0 Å². The Kier molecular flexibility index (Phi) is 2.34. The first-order valence-electron chi connectivity index (χ1n) is 1.97. The Morgan fingerprint density at radius 3 is 2.38 bits per heavy atom. The second-order valence-electron chi connectivity index (χ2n) is 1.34. The fourth-order valence-corrected chi connectivity index (χ4v) is 0.320. The molecule has 1 aliphatic heterocycles. The molecule has 0 aromatic rings. The lowest BCUT2D eigenvalue weighted by atomic mass is 10.3. The van der Waals surface area contributed by atoms with Gasteiger partial charge < -0.3 is 0 Å². The fraction of sp³-hybridized carbons (Fsp3) is 0.250. The molecule has 0 fully saturated rings. The summed E-state index contributed by atoms with van der Waals surface area (Å²) in [5.41, 5.74) is 1.11. The maximum atomic E-state index is 6.97. The molecule has 4 heteroatoms. The number of hydrogen-bond donors (Lipinski definition) is 1. The Bertz CT molecular complexity index is 159. The normalized spacial score (nSPS) is 15.6. The van der Waals surface area contributed by atoms with Crippen LogP contribution in [0.2, 0.25) is 0 Å². The summed E-state index contributed by atoms with van der Waals surface area (Å²) in [4.78, 5) is 0. The highest BCUT2D eigenvalue weighted by Crippen LogP contribution is 1.87. The molecular weight excluding hydrogens is 126 g/mol. The lowest BCUT2D eigenvalue weighted by Gasteiger charge is -1.78. The SMILES string of the molecule is CC1=NN=CC1=N.Cl. The number of hydrogen-bond acceptors (Lipinski definition) is 3. The first-order chi connectivity index (χ1) is 3.30. The topological polar surface area (TPSA) is 48.6 Å². The van der Waals surface area contributed by atoms with E-state index in [-0.39, 0.29) is 12.4 Å². The molecule has 0 amide bonds. The van der Waals surface area contributed by atoms with Crippen LogP contribution in [0.1, 0.15) is 6.92 Å². The van der Waals surface area contributed by atoms with Crippen LogP contribution in [0.4, 0.5) is 0 Å². The lowest BCUT2D eigenvalue weighted by molar-refractivity contribution is 1.27. The second-order valence-corrected chi connectivity index (χ2v) is 1.34. The van der Waals surface area contributed by atoms with Crippen LogP contribution in [0.3, 0.4) is 0 Å². The van der Waals surface area contributed by atoms with Crippen molar-refractivity contribution in [1.82, 2.24) is 0 Å². The standard InChI is InChI=1S/C4H5N3.ClH/c1-3-4(5)2-6-7-3;/h2,5H,1H3;1H. The van der Waals surface area contributed by atoms with Gasteiger partial charge in [-0.2, -0.15) is 10.2 Å². The Morgan fingerprint density at radius 2 is 2.25 bits per heavy atom. The Morgan fingerprint density at radius 1 is 1.62 bits per heavy atom. The van der Waals surface area contributed by atoms with Crippen LogP contribution in [-0.4, -0.2) is 17.6 Å². The molecule has 1 rings (SSSR count). The monoisotopic (exact) mass is 131 g/mol. The molecular formula is C4H6ClN3. The van der Waals surface area contributed by atoms with Crippen LogP contribution in [0.5, 0.6) is 0 Å². The van der Waals surface area contributed by atoms with Gasteiger partial charge in [0.1, 0.15) is 0 Å².